The minimum Gasteiger partial charge on any atom is -0.382 e. The lowest BCUT2D eigenvalue weighted by molar-refractivity contribution is -0.130. The van der Waals surface area contributed by atoms with E-state index in [2.05, 4.69) is 27.1 Å². The fourth-order valence-electron chi connectivity index (χ4n) is 2.68. The number of hydrogen-bond donors (Lipinski definition) is 2. The number of nitrogens with one attached hydrogen (secondary N) is 2. The largest absolute Gasteiger partial charge is 0.382 e. The predicted molar refractivity (Wildman–Crippen MR) is 105 cm³/mol. The highest BCUT2D eigenvalue weighted by Crippen LogP contribution is 2.23. The second kappa shape index (κ2) is 11.9. The number of hydrogen-bond acceptors (Lipinski definition) is 5. The van der Waals surface area contributed by atoms with Crippen LogP contribution >= 0.6 is 11.3 Å². The Morgan fingerprint density at radius 1 is 1.35 bits per heavy atom. The first kappa shape index (κ1) is 20.7. The molecule has 0 bridgehead atoms. The maximum absolute atomic E-state index is 12.5. The van der Waals surface area contributed by atoms with Crippen LogP contribution in [0.5, 0.6) is 0 Å². The number of thiophene rings is 1. The summed E-state index contributed by atoms with van der Waals surface area (Å²) in [5.74, 6) is 0.743. The number of aliphatic imine (C=N–C) groups is 1. The van der Waals surface area contributed by atoms with Gasteiger partial charge < -0.3 is 25.0 Å². The first-order valence-electron chi connectivity index (χ1n) is 9.16. The SMILES string of the molecule is CCNC(=NCC(=O)N1CCc2sccc2C1)NCCCOCCOC. The zero-order valence-electron chi connectivity index (χ0n) is 15.8. The fraction of sp³-hybridized carbons (Fsp3) is 0.667. The summed E-state index contributed by atoms with van der Waals surface area (Å²) < 4.78 is 10.4. The molecular weight excluding hydrogens is 352 g/mol. The Bertz CT molecular complexity index is 577. The molecule has 0 aliphatic carbocycles. The van der Waals surface area contributed by atoms with Crippen LogP contribution < -0.4 is 10.6 Å². The summed E-state index contributed by atoms with van der Waals surface area (Å²) in [6, 6.07) is 2.11. The van der Waals surface area contributed by atoms with Crippen LogP contribution in [0.25, 0.3) is 0 Å². The molecule has 1 amide bonds. The number of fused-ring (bicyclic) bond motifs is 1. The Hall–Kier alpha value is -1.64. The quantitative estimate of drug-likeness (QED) is 0.362. The van der Waals surface area contributed by atoms with Gasteiger partial charge >= 0.3 is 0 Å². The zero-order chi connectivity index (χ0) is 18.6. The Kier molecular flexibility index (Phi) is 9.44. The van der Waals surface area contributed by atoms with Crippen LogP contribution in [0.3, 0.4) is 0 Å². The molecule has 7 nitrogen and oxygen atoms in total. The molecule has 1 aliphatic heterocycles. The van der Waals surface area contributed by atoms with Gasteiger partial charge in [-0.05, 0) is 36.8 Å². The van der Waals surface area contributed by atoms with Crippen molar-refractivity contribution in [3.8, 4) is 0 Å². The Balaban J connectivity index is 1.71. The van der Waals surface area contributed by atoms with E-state index < -0.39 is 0 Å². The number of nitrogens with zero attached hydrogens (tertiary/aromatic N) is 2. The van der Waals surface area contributed by atoms with E-state index in [1.165, 1.54) is 10.4 Å². The van der Waals surface area contributed by atoms with Gasteiger partial charge in [-0.1, -0.05) is 0 Å². The average molecular weight is 383 g/mol. The molecule has 0 radical (unpaired) electrons. The van der Waals surface area contributed by atoms with Crippen LogP contribution in [0.15, 0.2) is 16.4 Å². The molecule has 146 valence electrons. The van der Waals surface area contributed by atoms with Crippen LogP contribution in [-0.4, -0.2) is 69.9 Å². The van der Waals surface area contributed by atoms with E-state index in [0.29, 0.717) is 32.3 Å². The van der Waals surface area contributed by atoms with Crippen molar-refractivity contribution in [1.29, 1.82) is 0 Å². The van der Waals surface area contributed by atoms with Gasteiger partial charge in [0.2, 0.25) is 5.91 Å². The van der Waals surface area contributed by atoms with Crippen molar-refractivity contribution >= 4 is 23.2 Å². The lowest BCUT2D eigenvalue weighted by atomic mass is 10.1. The molecule has 0 fully saturated rings. The van der Waals surface area contributed by atoms with Gasteiger partial charge in [-0.15, -0.1) is 11.3 Å². The van der Waals surface area contributed by atoms with Gasteiger partial charge in [0.1, 0.15) is 6.54 Å². The van der Waals surface area contributed by atoms with Crippen molar-refractivity contribution in [1.82, 2.24) is 15.5 Å². The Labute approximate surface area is 159 Å². The topological polar surface area (TPSA) is 75.2 Å². The third-order valence-electron chi connectivity index (χ3n) is 4.07. The number of rotatable bonds is 10. The molecule has 1 aromatic heterocycles. The van der Waals surface area contributed by atoms with E-state index in [-0.39, 0.29) is 12.5 Å². The maximum Gasteiger partial charge on any atom is 0.244 e. The fourth-order valence-corrected chi connectivity index (χ4v) is 3.56. The summed E-state index contributed by atoms with van der Waals surface area (Å²) in [7, 11) is 1.66. The van der Waals surface area contributed by atoms with E-state index in [1.807, 2.05) is 11.8 Å². The summed E-state index contributed by atoms with van der Waals surface area (Å²) in [5.41, 5.74) is 1.28. The highest BCUT2D eigenvalue weighted by molar-refractivity contribution is 7.10. The molecule has 0 saturated heterocycles. The summed E-state index contributed by atoms with van der Waals surface area (Å²) in [6.07, 6.45) is 1.82. The molecule has 26 heavy (non-hydrogen) atoms. The molecule has 1 aliphatic rings. The molecule has 0 aromatic carbocycles. The minimum absolute atomic E-state index is 0.0713. The first-order valence-corrected chi connectivity index (χ1v) is 10.0. The molecule has 0 saturated carbocycles. The van der Waals surface area contributed by atoms with Crippen LogP contribution in [0.2, 0.25) is 0 Å². The monoisotopic (exact) mass is 382 g/mol. The summed E-state index contributed by atoms with van der Waals surface area (Å²) >= 11 is 1.78. The van der Waals surface area contributed by atoms with Gasteiger partial charge in [-0.3, -0.25) is 4.79 Å². The van der Waals surface area contributed by atoms with Crippen LogP contribution in [-0.2, 0) is 27.2 Å². The van der Waals surface area contributed by atoms with Gasteiger partial charge in [-0.2, -0.15) is 0 Å². The first-order chi connectivity index (χ1) is 12.7. The highest BCUT2D eigenvalue weighted by Gasteiger charge is 2.21. The molecule has 8 heteroatoms. The van der Waals surface area contributed by atoms with Crippen molar-refractivity contribution in [3.05, 3.63) is 21.9 Å². The molecule has 0 unspecified atom stereocenters. The van der Waals surface area contributed by atoms with Gasteiger partial charge in [0.15, 0.2) is 5.96 Å². The summed E-state index contributed by atoms with van der Waals surface area (Å²) in [6.45, 7) is 7.06. The zero-order valence-corrected chi connectivity index (χ0v) is 16.6. The highest BCUT2D eigenvalue weighted by atomic mass is 32.1. The van der Waals surface area contributed by atoms with E-state index >= 15 is 0 Å². The molecule has 1 aromatic rings. The number of ether oxygens (including phenoxy) is 2. The third kappa shape index (κ3) is 6.93. The second-order valence-electron chi connectivity index (χ2n) is 6.01. The van der Waals surface area contributed by atoms with Crippen LogP contribution in [0.4, 0.5) is 0 Å². The lowest BCUT2D eigenvalue weighted by Crippen LogP contribution is -2.40. The minimum atomic E-state index is 0.0713. The van der Waals surface area contributed by atoms with Crippen molar-refractivity contribution < 1.29 is 14.3 Å². The third-order valence-corrected chi connectivity index (χ3v) is 5.09. The summed E-state index contributed by atoms with van der Waals surface area (Å²) in [4.78, 5) is 20.2. The number of carbonyl (C=O) groups is 1. The van der Waals surface area contributed by atoms with E-state index in [4.69, 9.17) is 9.47 Å². The normalized spacial score (nSPS) is 14.2. The van der Waals surface area contributed by atoms with Crippen molar-refractivity contribution in [2.75, 3.05) is 53.1 Å². The number of amides is 1. The predicted octanol–water partition coefficient (Wildman–Crippen LogP) is 1.24. The molecular formula is C18H30N4O3S. The lowest BCUT2D eigenvalue weighted by Gasteiger charge is -2.26. The van der Waals surface area contributed by atoms with E-state index in [1.54, 1.807) is 18.4 Å². The van der Waals surface area contributed by atoms with E-state index in [0.717, 1.165) is 32.5 Å². The second-order valence-corrected chi connectivity index (χ2v) is 7.02. The van der Waals surface area contributed by atoms with Crippen LogP contribution in [0.1, 0.15) is 23.8 Å². The maximum atomic E-state index is 12.5. The van der Waals surface area contributed by atoms with Crippen LogP contribution in [0, 0.1) is 0 Å². The molecule has 2 N–H and O–H groups in total. The van der Waals surface area contributed by atoms with Gasteiger partial charge in [0, 0.05) is 44.8 Å². The number of carbonyl (C=O) groups excluding carboxylic acids is 1. The molecule has 2 heterocycles. The number of methoxy groups -OCH3 is 1. The standard InChI is InChI=1S/C18H30N4O3S/c1-3-19-18(20-7-4-9-25-11-10-24-2)21-13-17(23)22-8-5-16-15(14-22)6-12-26-16/h6,12H,3-5,7-11,13-14H2,1-2H3,(H2,19,20,21). The Morgan fingerprint density at radius 2 is 2.23 bits per heavy atom. The van der Waals surface area contributed by atoms with Crippen molar-refractivity contribution in [2.24, 2.45) is 4.99 Å². The average Bonchev–Trinajstić information content (AvgIpc) is 3.12. The smallest absolute Gasteiger partial charge is 0.244 e. The number of guanidine groups is 1. The molecule has 0 atom stereocenters. The molecule has 2 rings (SSSR count). The van der Waals surface area contributed by atoms with Crippen molar-refractivity contribution in [2.45, 2.75) is 26.3 Å². The molecule has 0 spiro atoms. The van der Waals surface area contributed by atoms with Gasteiger partial charge in [0.25, 0.3) is 0 Å². The van der Waals surface area contributed by atoms with Gasteiger partial charge in [-0.25, -0.2) is 4.99 Å². The van der Waals surface area contributed by atoms with Crippen molar-refractivity contribution in [3.63, 3.8) is 0 Å². The van der Waals surface area contributed by atoms with E-state index in [9.17, 15) is 4.79 Å². The van der Waals surface area contributed by atoms with Gasteiger partial charge in [0.05, 0.1) is 13.2 Å². The Morgan fingerprint density at radius 3 is 3.04 bits per heavy atom. The summed E-state index contributed by atoms with van der Waals surface area (Å²) in [5, 5.41) is 8.51.